The molecule has 0 aliphatic carbocycles. The molecule has 0 saturated carbocycles. The Morgan fingerprint density at radius 2 is 2.04 bits per heavy atom. The van der Waals surface area contributed by atoms with E-state index in [1.165, 1.54) is 12.1 Å². The SMILES string of the molecule is Cn1nc2c3c(cc(F)cc31)C(=O)N([C@H]1CN3CCC1CC3)C2. The summed E-state index contributed by atoms with van der Waals surface area (Å²) in [7, 11) is 1.81. The highest BCUT2D eigenvalue weighted by atomic mass is 19.1. The van der Waals surface area contributed by atoms with Crippen LogP contribution < -0.4 is 0 Å². The third-order valence-electron chi connectivity index (χ3n) is 5.82. The van der Waals surface area contributed by atoms with Crippen LogP contribution in [0.1, 0.15) is 28.9 Å². The van der Waals surface area contributed by atoms with Crippen molar-refractivity contribution in [1.29, 1.82) is 0 Å². The molecule has 5 heterocycles. The van der Waals surface area contributed by atoms with Gasteiger partial charge in [-0.1, -0.05) is 0 Å². The number of hydrogen-bond donors (Lipinski definition) is 0. The van der Waals surface area contributed by atoms with Crippen molar-refractivity contribution in [3.63, 3.8) is 0 Å². The molecule has 3 saturated heterocycles. The number of nitrogens with zero attached hydrogens (tertiary/aromatic N) is 4. The minimum atomic E-state index is -0.369. The molecule has 1 aromatic heterocycles. The quantitative estimate of drug-likeness (QED) is 0.805. The Balaban J connectivity index is 1.61. The molecule has 2 aromatic rings. The van der Waals surface area contributed by atoms with Crippen molar-refractivity contribution in [2.75, 3.05) is 19.6 Å². The van der Waals surface area contributed by atoms with E-state index in [4.69, 9.17) is 0 Å². The number of carbonyl (C=O) groups excluding carboxylic acids is 1. The summed E-state index contributed by atoms with van der Waals surface area (Å²) in [4.78, 5) is 17.4. The van der Waals surface area contributed by atoms with Gasteiger partial charge in [0.2, 0.25) is 0 Å². The van der Waals surface area contributed by atoms with Crippen molar-refractivity contribution in [1.82, 2.24) is 19.6 Å². The van der Waals surface area contributed by atoms with E-state index in [1.54, 1.807) is 4.68 Å². The number of carbonyl (C=O) groups is 1. The van der Waals surface area contributed by atoms with E-state index in [2.05, 4.69) is 10.00 Å². The molecular weight excluding hydrogens is 295 g/mol. The first-order valence-corrected chi connectivity index (χ1v) is 8.30. The summed E-state index contributed by atoms with van der Waals surface area (Å²) in [6.07, 6.45) is 2.31. The topological polar surface area (TPSA) is 41.4 Å². The Hall–Kier alpha value is -1.95. The molecule has 6 heteroatoms. The average Bonchev–Trinajstić information content (AvgIpc) is 2.88. The summed E-state index contributed by atoms with van der Waals surface area (Å²) in [5, 5.41) is 5.38. The number of benzene rings is 1. The molecule has 120 valence electrons. The predicted molar refractivity (Wildman–Crippen MR) is 83.5 cm³/mol. The minimum absolute atomic E-state index is 0.0336. The van der Waals surface area contributed by atoms with Crippen LogP contribution in [0.3, 0.4) is 0 Å². The molecule has 1 atom stereocenters. The Morgan fingerprint density at radius 1 is 1.26 bits per heavy atom. The fraction of sp³-hybridized carbons (Fsp3) is 0.529. The first-order valence-electron chi connectivity index (χ1n) is 8.30. The molecule has 0 unspecified atom stereocenters. The van der Waals surface area contributed by atoms with E-state index in [0.717, 1.165) is 43.6 Å². The number of amides is 1. The molecule has 2 bridgehead atoms. The Bertz CT molecular complexity index is 822. The van der Waals surface area contributed by atoms with Crippen LogP contribution in [0, 0.1) is 11.7 Å². The van der Waals surface area contributed by atoms with Gasteiger partial charge in [0, 0.05) is 25.0 Å². The zero-order valence-corrected chi connectivity index (χ0v) is 13.1. The number of aromatic nitrogens is 2. The second-order valence-electron chi connectivity index (χ2n) is 7.06. The zero-order chi connectivity index (χ0) is 15.7. The zero-order valence-electron chi connectivity index (χ0n) is 13.1. The lowest BCUT2D eigenvalue weighted by Gasteiger charge is -2.49. The van der Waals surface area contributed by atoms with E-state index in [-0.39, 0.29) is 17.8 Å². The maximum atomic E-state index is 14.0. The van der Waals surface area contributed by atoms with Gasteiger partial charge in [0.15, 0.2) is 0 Å². The van der Waals surface area contributed by atoms with Gasteiger partial charge < -0.3 is 9.80 Å². The van der Waals surface area contributed by atoms with E-state index in [0.29, 0.717) is 23.5 Å². The molecule has 0 N–H and O–H groups in total. The smallest absolute Gasteiger partial charge is 0.255 e. The highest BCUT2D eigenvalue weighted by molar-refractivity contribution is 6.09. The molecule has 23 heavy (non-hydrogen) atoms. The lowest BCUT2D eigenvalue weighted by atomic mass is 9.82. The third kappa shape index (κ3) is 1.81. The van der Waals surface area contributed by atoms with Gasteiger partial charge in [0.1, 0.15) is 5.82 Å². The Kier molecular flexibility index (Phi) is 2.66. The van der Waals surface area contributed by atoms with Crippen molar-refractivity contribution in [3.05, 3.63) is 29.2 Å². The van der Waals surface area contributed by atoms with Crippen molar-refractivity contribution >= 4 is 16.8 Å². The van der Waals surface area contributed by atoms with Gasteiger partial charge in [-0.05, 0) is 44.0 Å². The molecule has 1 amide bonds. The van der Waals surface area contributed by atoms with Crippen LogP contribution in [0.15, 0.2) is 12.1 Å². The summed E-state index contributed by atoms with van der Waals surface area (Å²) < 4.78 is 15.7. The standard InChI is InChI=1S/C17H19FN4O/c1-20-14-7-11(18)6-12-16(14)13(19-20)8-22(17(12)23)15-9-21-4-2-10(15)3-5-21/h6-7,10,15H,2-5,8-9H2,1H3/t15-/m0/s1. The van der Waals surface area contributed by atoms with Crippen molar-refractivity contribution in [2.24, 2.45) is 13.0 Å². The summed E-state index contributed by atoms with van der Waals surface area (Å²) in [6.45, 7) is 3.77. The van der Waals surface area contributed by atoms with Gasteiger partial charge >= 0.3 is 0 Å². The minimum Gasteiger partial charge on any atom is -0.328 e. The lowest BCUT2D eigenvalue weighted by molar-refractivity contribution is 0.00360. The highest BCUT2D eigenvalue weighted by Crippen LogP contribution is 2.37. The maximum Gasteiger partial charge on any atom is 0.255 e. The summed E-state index contributed by atoms with van der Waals surface area (Å²) in [6, 6.07) is 3.08. The largest absolute Gasteiger partial charge is 0.328 e. The fourth-order valence-electron chi connectivity index (χ4n) is 4.66. The number of fused-ring (bicyclic) bond motifs is 3. The summed E-state index contributed by atoms with van der Waals surface area (Å²) in [5.74, 6) is 0.165. The van der Waals surface area contributed by atoms with Crippen LogP contribution in [-0.2, 0) is 13.6 Å². The normalized spacial score (nSPS) is 29.6. The first-order chi connectivity index (χ1) is 11.1. The first kappa shape index (κ1) is 13.5. The van der Waals surface area contributed by atoms with Gasteiger partial charge in [-0.15, -0.1) is 0 Å². The van der Waals surface area contributed by atoms with Gasteiger partial charge in [-0.2, -0.15) is 5.10 Å². The van der Waals surface area contributed by atoms with Crippen LogP contribution in [0.2, 0.25) is 0 Å². The van der Waals surface area contributed by atoms with Crippen molar-refractivity contribution in [2.45, 2.75) is 25.4 Å². The molecule has 0 radical (unpaired) electrons. The summed E-state index contributed by atoms with van der Waals surface area (Å²) in [5.41, 5.74) is 2.08. The van der Waals surface area contributed by atoms with Crippen molar-refractivity contribution < 1.29 is 9.18 Å². The number of aryl methyl sites for hydroxylation is 1. The van der Waals surface area contributed by atoms with Crippen LogP contribution in [0.4, 0.5) is 4.39 Å². The molecule has 1 aromatic carbocycles. The van der Waals surface area contributed by atoms with Gasteiger partial charge in [0.05, 0.1) is 23.3 Å². The number of hydrogen-bond acceptors (Lipinski definition) is 3. The molecule has 5 nitrogen and oxygen atoms in total. The third-order valence-corrected chi connectivity index (χ3v) is 5.82. The number of piperidine rings is 3. The van der Waals surface area contributed by atoms with E-state index >= 15 is 0 Å². The molecular formula is C17H19FN4O. The van der Waals surface area contributed by atoms with E-state index in [9.17, 15) is 9.18 Å². The number of halogens is 1. The summed E-state index contributed by atoms with van der Waals surface area (Å²) >= 11 is 0. The second kappa shape index (κ2) is 4.54. The predicted octanol–water partition coefficient (Wildman–Crippen LogP) is 1.76. The van der Waals surface area contributed by atoms with Gasteiger partial charge in [0.25, 0.3) is 5.91 Å². The molecule has 4 aliphatic heterocycles. The Morgan fingerprint density at radius 3 is 2.74 bits per heavy atom. The van der Waals surface area contributed by atoms with Gasteiger partial charge in [-0.25, -0.2) is 4.39 Å². The molecule has 0 spiro atoms. The van der Waals surface area contributed by atoms with E-state index < -0.39 is 0 Å². The monoisotopic (exact) mass is 314 g/mol. The van der Waals surface area contributed by atoms with Crippen LogP contribution in [0.5, 0.6) is 0 Å². The highest BCUT2D eigenvalue weighted by Gasteiger charge is 2.42. The maximum absolute atomic E-state index is 14.0. The Labute approximate surface area is 133 Å². The molecule has 3 fully saturated rings. The lowest BCUT2D eigenvalue weighted by Crippen LogP contribution is -2.59. The fourth-order valence-corrected chi connectivity index (χ4v) is 4.66. The van der Waals surface area contributed by atoms with Crippen LogP contribution in [0.25, 0.3) is 10.9 Å². The van der Waals surface area contributed by atoms with Crippen molar-refractivity contribution in [3.8, 4) is 0 Å². The van der Waals surface area contributed by atoms with E-state index in [1.807, 2.05) is 11.9 Å². The second-order valence-corrected chi connectivity index (χ2v) is 7.06. The molecule has 4 aliphatic rings. The molecule has 6 rings (SSSR count). The van der Waals surface area contributed by atoms with Gasteiger partial charge in [-0.3, -0.25) is 9.48 Å². The number of rotatable bonds is 1. The van der Waals surface area contributed by atoms with Crippen LogP contribution >= 0.6 is 0 Å². The average molecular weight is 314 g/mol. The van der Waals surface area contributed by atoms with Crippen LogP contribution in [-0.4, -0.2) is 51.2 Å².